The Balaban J connectivity index is 0.915. The Kier molecular flexibility index (Phi) is 9.83. The van der Waals surface area contributed by atoms with E-state index in [1.54, 1.807) is 0 Å². The first-order valence-electron chi connectivity index (χ1n) is 19.8. The molecule has 6 N–H and O–H groups in total. The van der Waals surface area contributed by atoms with Crippen LogP contribution in [0.15, 0.2) is 11.6 Å². The molecule has 3 saturated carbocycles. The summed E-state index contributed by atoms with van der Waals surface area (Å²) in [7, 11) is 0. The van der Waals surface area contributed by atoms with E-state index in [1.165, 1.54) is 31.8 Å². The van der Waals surface area contributed by atoms with E-state index in [2.05, 4.69) is 33.8 Å². The molecule has 12 nitrogen and oxygen atoms in total. The molecule has 8 aliphatic rings. The number of aliphatic hydroxyl groups excluding tert-OH is 6. The highest BCUT2D eigenvalue weighted by Gasteiger charge is 2.68. The van der Waals surface area contributed by atoms with E-state index in [9.17, 15) is 30.6 Å². The van der Waals surface area contributed by atoms with E-state index in [0.717, 1.165) is 45.1 Å². The maximum absolute atomic E-state index is 11.1. The standard InChI is InChI=1S/C39H62O12/c1-18-8-13-39(46-17-18)19(2)28-26(51-39)15-25-23-7-6-21-14-22(9-11-37(21,4)24(23)10-12-38(25,28)5)48-36-33(45)31(43)34(27(16-40)49-36)50-35-32(44)30(42)29(41)20(3)47-35/h6,18-20,22-36,40-45H,7-17H2,1-5H3/t18-,19+,20+,22+,23+,24-,25-,26+,27-,28+,29+,30-,31-,32-,33-,34-,35+,36-,37+,38+,39-/m1/s1. The van der Waals surface area contributed by atoms with Crippen LogP contribution in [0.1, 0.15) is 92.4 Å². The highest BCUT2D eigenvalue weighted by molar-refractivity contribution is 5.26. The molecule has 12 heteroatoms. The molecule has 21 atom stereocenters. The van der Waals surface area contributed by atoms with Crippen molar-refractivity contribution in [3.63, 3.8) is 0 Å². The zero-order chi connectivity index (χ0) is 36.2. The van der Waals surface area contributed by atoms with Gasteiger partial charge in [0.05, 0.1) is 31.5 Å². The lowest BCUT2D eigenvalue weighted by atomic mass is 9.47. The number of ether oxygens (including phenoxy) is 6. The van der Waals surface area contributed by atoms with E-state index in [4.69, 9.17) is 28.4 Å². The summed E-state index contributed by atoms with van der Waals surface area (Å²) in [5.74, 6) is 2.99. The lowest BCUT2D eigenvalue weighted by Crippen LogP contribution is -2.64. The van der Waals surface area contributed by atoms with Gasteiger partial charge in [-0.1, -0.05) is 39.3 Å². The first-order chi connectivity index (χ1) is 24.2. The van der Waals surface area contributed by atoms with Crippen LogP contribution in [0.2, 0.25) is 0 Å². The molecule has 8 rings (SSSR count). The Morgan fingerprint density at radius 2 is 1.57 bits per heavy atom. The molecule has 0 amide bonds. The van der Waals surface area contributed by atoms with Gasteiger partial charge in [-0.3, -0.25) is 0 Å². The van der Waals surface area contributed by atoms with Gasteiger partial charge >= 0.3 is 0 Å². The highest BCUT2D eigenvalue weighted by Crippen LogP contribution is 2.70. The van der Waals surface area contributed by atoms with Gasteiger partial charge in [-0.05, 0) is 98.7 Å². The number of allylic oxidation sites excluding steroid dienone is 1. The molecular weight excluding hydrogens is 660 g/mol. The summed E-state index contributed by atoms with van der Waals surface area (Å²) >= 11 is 0. The molecule has 4 aliphatic carbocycles. The summed E-state index contributed by atoms with van der Waals surface area (Å²) in [6, 6.07) is 0. The smallest absolute Gasteiger partial charge is 0.187 e. The summed E-state index contributed by atoms with van der Waals surface area (Å²) in [6.45, 7) is 11.5. The Bertz CT molecular complexity index is 1300. The molecule has 7 fully saturated rings. The lowest BCUT2D eigenvalue weighted by Gasteiger charge is -2.58. The Morgan fingerprint density at radius 3 is 2.29 bits per heavy atom. The fourth-order valence-electron chi connectivity index (χ4n) is 12.6. The maximum Gasteiger partial charge on any atom is 0.187 e. The molecule has 0 bridgehead atoms. The van der Waals surface area contributed by atoms with Gasteiger partial charge < -0.3 is 59.1 Å². The number of aliphatic hydroxyl groups is 6. The minimum atomic E-state index is -1.61. The normalized spacial score (nSPS) is 58.4. The van der Waals surface area contributed by atoms with Crippen LogP contribution >= 0.6 is 0 Å². The van der Waals surface area contributed by atoms with Crippen molar-refractivity contribution in [1.82, 2.24) is 0 Å². The van der Waals surface area contributed by atoms with Crippen molar-refractivity contribution in [3.8, 4) is 0 Å². The highest BCUT2D eigenvalue weighted by atomic mass is 16.7. The predicted octanol–water partition coefficient (Wildman–Crippen LogP) is 2.39. The lowest BCUT2D eigenvalue weighted by molar-refractivity contribution is -0.360. The van der Waals surface area contributed by atoms with Crippen LogP contribution in [0.3, 0.4) is 0 Å². The van der Waals surface area contributed by atoms with Crippen LogP contribution in [0.4, 0.5) is 0 Å². The summed E-state index contributed by atoms with van der Waals surface area (Å²) in [6.07, 6.45) is -1.53. The number of rotatable bonds is 5. The Labute approximate surface area is 301 Å². The van der Waals surface area contributed by atoms with Crippen LogP contribution in [-0.2, 0) is 28.4 Å². The molecule has 1 spiro atoms. The summed E-state index contributed by atoms with van der Waals surface area (Å²) in [5.41, 5.74) is 1.75. The van der Waals surface area contributed by atoms with Crippen LogP contribution < -0.4 is 0 Å². The maximum atomic E-state index is 11.1. The van der Waals surface area contributed by atoms with Crippen molar-refractivity contribution in [2.75, 3.05) is 13.2 Å². The van der Waals surface area contributed by atoms with Crippen LogP contribution in [0.25, 0.3) is 0 Å². The largest absolute Gasteiger partial charge is 0.394 e. The first-order valence-corrected chi connectivity index (χ1v) is 19.8. The van der Waals surface area contributed by atoms with E-state index in [0.29, 0.717) is 35.5 Å². The zero-order valence-corrected chi connectivity index (χ0v) is 30.9. The molecule has 0 aromatic rings. The number of hydrogen-bond acceptors (Lipinski definition) is 12. The second-order valence-corrected chi connectivity index (χ2v) is 18.3. The number of hydrogen-bond donors (Lipinski definition) is 6. The van der Waals surface area contributed by atoms with Gasteiger partial charge in [-0.25, -0.2) is 0 Å². The molecule has 4 saturated heterocycles. The van der Waals surface area contributed by atoms with Crippen molar-refractivity contribution in [2.45, 2.75) is 172 Å². The fourth-order valence-corrected chi connectivity index (χ4v) is 12.6. The third-order valence-corrected chi connectivity index (χ3v) is 15.6. The van der Waals surface area contributed by atoms with Gasteiger partial charge in [0.15, 0.2) is 18.4 Å². The second kappa shape index (κ2) is 13.5. The first kappa shape index (κ1) is 37.2. The summed E-state index contributed by atoms with van der Waals surface area (Å²) in [5, 5.41) is 63.1. The molecular formula is C39H62O12. The van der Waals surface area contributed by atoms with Crippen LogP contribution in [0.5, 0.6) is 0 Å². The Morgan fingerprint density at radius 1 is 0.824 bits per heavy atom. The predicted molar refractivity (Wildman–Crippen MR) is 182 cm³/mol. The second-order valence-electron chi connectivity index (χ2n) is 18.3. The molecule has 290 valence electrons. The third kappa shape index (κ3) is 5.84. The Hall–Kier alpha value is -0.740. The SMILES string of the molecule is C[C@@H]1CC[C@@]2(OC1)O[C@H]1C[C@@H]3[C@H]4CC=C5C[C@@H](O[C@@H]6O[C@H](CO)[C@@H](O[C@@H]7O[C@@H](C)[C@H](O)[C@@H](O)[C@H]7O)[C@H](O)[C@H]6O)CC[C@]5(C)[C@@H]4CC[C@]3(C)[C@H]1[C@@H]2C. The molecule has 0 aromatic heterocycles. The van der Waals surface area contributed by atoms with Gasteiger partial charge in [0.1, 0.15) is 42.7 Å². The van der Waals surface area contributed by atoms with Crippen molar-refractivity contribution in [1.29, 1.82) is 0 Å². The van der Waals surface area contributed by atoms with E-state index >= 15 is 0 Å². The fraction of sp³-hybridized carbons (Fsp3) is 0.949. The molecule has 4 heterocycles. The van der Waals surface area contributed by atoms with E-state index < -0.39 is 73.8 Å². The van der Waals surface area contributed by atoms with Crippen molar-refractivity contribution < 1.29 is 59.1 Å². The molecule has 51 heavy (non-hydrogen) atoms. The monoisotopic (exact) mass is 722 g/mol. The molecule has 4 aliphatic heterocycles. The van der Waals surface area contributed by atoms with Gasteiger partial charge in [-0.15, -0.1) is 0 Å². The average molecular weight is 723 g/mol. The summed E-state index contributed by atoms with van der Waals surface area (Å²) in [4.78, 5) is 0. The minimum absolute atomic E-state index is 0.0757. The van der Waals surface area contributed by atoms with Crippen molar-refractivity contribution in [2.24, 2.45) is 46.3 Å². The quantitative estimate of drug-likeness (QED) is 0.229. The molecule has 0 radical (unpaired) electrons. The number of fused-ring (bicyclic) bond motifs is 7. The topological polar surface area (TPSA) is 177 Å². The summed E-state index contributed by atoms with van der Waals surface area (Å²) < 4.78 is 37.1. The van der Waals surface area contributed by atoms with E-state index in [-0.39, 0.29) is 23.0 Å². The van der Waals surface area contributed by atoms with Gasteiger partial charge in [0, 0.05) is 12.3 Å². The zero-order valence-electron chi connectivity index (χ0n) is 30.9. The van der Waals surface area contributed by atoms with Crippen LogP contribution in [0, 0.1) is 46.3 Å². The average Bonchev–Trinajstić information content (AvgIpc) is 3.56. The molecule has 0 aromatic carbocycles. The van der Waals surface area contributed by atoms with Crippen LogP contribution in [-0.4, -0.2) is 123 Å². The van der Waals surface area contributed by atoms with Crippen molar-refractivity contribution in [3.05, 3.63) is 11.6 Å². The van der Waals surface area contributed by atoms with Gasteiger partial charge in [0.25, 0.3) is 0 Å². The van der Waals surface area contributed by atoms with E-state index in [1.807, 2.05) is 0 Å². The van der Waals surface area contributed by atoms with Gasteiger partial charge in [-0.2, -0.15) is 0 Å². The van der Waals surface area contributed by atoms with Gasteiger partial charge in [0.2, 0.25) is 0 Å². The third-order valence-electron chi connectivity index (χ3n) is 15.6. The molecule has 0 unspecified atom stereocenters. The minimum Gasteiger partial charge on any atom is -0.394 e. The van der Waals surface area contributed by atoms with Crippen molar-refractivity contribution >= 4 is 0 Å².